The number of aliphatic imine (C=N–C) groups is 1. The Morgan fingerprint density at radius 2 is 1.77 bits per heavy atom. The normalized spacial score (nSPS) is 11.8. The highest BCUT2D eigenvalue weighted by atomic mass is 19.1. The molecule has 4 nitrogen and oxygen atoms in total. The van der Waals surface area contributed by atoms with Crippen molar-refractivity contribution in [2.45, 2.75) is 48.0 Å². The lowest BCUT2D eigenvalue weighted by Gasteiger charge is -2.14. The van der Waals surface area contributed by atoms with Crippen molar-refractivity contribution in [2.24, 2.45) is 16.8 Å². The number of nitrogens with one attached hydrogen (secondary N) is 1. The van der Waals surface area contributed by atoms with Gasteiger partial charge in [-0.2, -0.15) is 0 Å². The SMILES string of the molecule is C=C(/C(C=NC)=C/C)c1cc(C)cc(F)c1NC.CC(C)CCOCCOCC(C)C. The molecular formula is C26H43FN2O2. The van der Waals surface area contributed by atoms with Crippen molar-refractivity contribution in [3.63, 3.8) is 0 Å². The Morgan fingerprint density at radius 1 is 1.13 bits per heavy atom. The van der Waals surface area contributed by atoms with Crippen LogP contribution in [0.25, 0.3) is 5.57 Å². The van der Waals surface area contributed by atoms with Gasteiger partial charge in [-0.05, 0) is 60.9 Å². The number of anilines is 1. The van der Waals surface area contributed by atoms with E-state index < -0.39 is 0 Å². The van der Waals surface area contributed by atoms with E-state index in [1.165, 1.54) is 6.07 Å². The van der Waals surface area contributed by atoms with E-state index in [-0.39, 0.29) is 5.82 Å². The molecule has 0 aliphatic carbocycles. The molecule has 1 aromatic rings. The minimum absolute atomic E-state index is 0.266. The first kappa shape index (κ1) is 29.0. The summed E-state index contributed by atoms with van der Waals surface area (Å²) in [7, 11) is 3.40. The van der Waals surface area contributed by atoms with Crippen molar-refractivity contribution in [1.82, 2.24) is 0 Å². The van der Waals surface area contributed by atoms with E-state index >= 15 is 0 Å². The number of allylic oxidation sites excluding steroid dienone is 3. The number of aryl methyl sites for hydroxylation is 1. The maximum atomic E-state index is 13.9. The Kier molecular flexibility index (Phi) is 15.6. The van der Waals surface area contributed by atoms with Crippen LogP contribution in [-0.2, 0) is 9.47 Å². The second-order valence-electron chi connectivity index (χ2n) is 8.29. The lowest BCUT2D eigenvalue weighted by atomic mass is 9.96. The molecule has 0 amide bonds. The Bertz CT molecular complexity index is 698. The van der Waals surface area contributed by atoms with Gasteiger partial charge >= 0.3 is 0 Å². The molecule has 0 unspecified atom stereocenters. The van der Waals surface area contributed by atoms with E-state index in [1.807, 2.05) is 26.0 Å². The van der Waals surface area contributed by atoms with Crippen LogP contribution in [0.5, 0.6) is 0 Å². The van der Waals surface area contributed by atoms with Gasteiger partial charge in [-0.3, -0.25) is 4.99 Å². The Balaban J connectivity index is 0.000000615. The Labute approximate surface area is 189 Å². The molecule has 0 spiro atoms. The molecule has 0 fully saturated rings. The summed E-state index contributed by atoms with van der Waals surface area (Å²) >= 11 is 0. The first-order valence-electron chi connectivity index (χ1n) is 11.1. The fourth-order valence-electron chi connectivity index (χ4n) is 2.71. The third-order valence-corrected chi connectivity index (χ3v) is 4.40. The standard InChI is InChI=1S/C15H19FN2.C11H24O2/c1-6-12(9-17-4)11(3)13-7-10(2)8-14(16)15(13)18-5;1-10(2)5-6-12-7-8-13-9-11(3)4/h6-9,18H,3H2,1-2,4-5H3;10-11H,5-9H2,1-4H3/b12-6+,17-9?;. The molecule has 0 aliphatic rings. The summed E-state index contributed by atoms with van der Waals surface area (Å²) in [6.07, 6.45) is 4.78. The molecule has 1 rings (SSSR count). The molecule has 5 heteroatoms. The van der Waals surface area contributed by atoms with Gasteiger partial charge in [0.25, 0.3) is 0 Å². The molecule has 0 radical (unpaired) electrons. The number of benzene rings is 1. The predicted octanol–water partition coefficient (Wildman–Crippen LogP) is 6.56. The van der Waals surface area contributed by atoms with Crippen LogP contribution in [0.4, 0.5) is 10.1 Å². The molecule has 0 saturated carbocycles. The van der Waals surface area contributed by atoms with E-state index in [2.05, 4.69) is 44.6 Å². The summed E-state index contributed by atoms with van der Waals surface area (Å²) in [5.74, 6) is 1.09. The van der Waals surface area contributed by atoms with Gasteiger partial charge in [-0.15, -0.1) is 0 Å². The summed E-state index contributed by atoms with van der Waals surface area (Å²) in [4.78, 5) is 3.99. The van der Waals surface area contributed by atoms with Crippen molar-refractivity contribution in [3.05, 3.63) is 47.3 Å². The van der Waals surface area contributed by atoms with Crippen LogP contribution in [0, 0.1) is 24.6 Å². The van der Waals surface area contributed by atoms with Gasteiger partial charge in [0.05, 0.1) is 18.9 Å². The van der Waals surface area contributed by atoms with Crippen LogP contribution < -0.4 is 5.32 Å². The lowest BCUT2D eigenvalue weighted by molar-refractivity contribution is 0.0346. The summed E-state index contributed by atoms with van der Waals surface area (Å²) in [5.41, 5.74) is 3.75. The largest absolute Gasteiger partial charge is 0.385 e. The van der Waals surface area contributed by atoms with Crippen LogP contribution in [0.15, 0.2) is 35.4 Å². The molecule has 1 N–H and O–H groups in total. The van der Waals surface area contributed by atoms with Crippen molar-refractivity contribution in [3.8, 4) is 0 Å². The first-order chi connectivity index (χ1) is 14.7. The van der Waals surface area contributed by atoms with Gasteiger partial charge in [-0.1, -0.05) is 40.3 Å². The fraction of sp³-hybridized carbons (Fsp3) is 0.577. The van der Waals surface area contributed by atoms with E-state index in [4.69, 9.17) is 9.47 Å². The van der Waals surface area contributed by atoms with Crippen LogP contribution in [0.2, 0.25) is 0 Å². The second-order valence-corrected chi connectivity index (χ2v) is 8.29. The average Bonchev–Trinajstić information content (AvgIpc) is 2.70. The molecule has 176 valence electrons. The van der Waals surface area contributed by atoms with E-state index in [1.54, 1.807) is 20.3 Å². The number of hydrogen-bond acceptors (Lipinski definition) is 4. The molecular weight excluding hydrogens is 391 g/mol. The molecule has 0 saturated heterocycles. The maximum Gasteiger partial charge on any atom is 0.147 e. The van der Waals surface area contributed by atoms with Crippen molar-refractivity contribution < 1.29 is 13.9 Å². The summed E-state index contributed by atoms with van der Waals surface area (Å²) < 4.78 is 24.6. The highest BCUT2D eigenvalue weighted by molar-refractivity contribution is 6.02. The lowest BCUT2D eigenvalue weighted by Crippen LogP contribution is -2.09. The zero-order valence-electron chi connectivity index (χ0n) is 20.8. The maximum absolute atomic E-state index is 13.9. The summed E-state index contributed by atoms with van der Waals surface area (Å²) in [6, 6.07) is 3.43. The number of nitrogens with zero attached hydrogens (tertiary/aromatic N) is 1. The van der Waals surface area contributed by atoms with Gasteiger partial charge in [0, 0.05) is 39.1 Å². The van der Waals surface area contributed by atoms with Gasteiger partial charge in [-0.25, -0.2) is 4.39 Å². The molecule has 0 bridgehead atoms. The second kappa shape index (κ2) is 16.7. The third-order valence-electron chi connectivity index (χ3n) is 4.40. The van der Waals surface area contributed by atoms with Crippen molar-refractivity contribution in [1.29, 1.82) is 0 Å². The zero-order valence-corrected chi connectivity index (χ0v) is 20.8. The van der Waals surface area contributed by atoms with Crippen LogP contribution in [0.3, 0.4) is 0 Å². The molecule has 0 aliphatic heterocycles. The highest BCUT2D eigenvalue weighted by Gasteiger charge is 2.13. The van der Waals surface area contributed by atoms with Crippen LogP contribution in [-0.4, -0.2) is 46.7 Å². The average molecular weight is 435 g/mol. The van der Waals surface area contributed by atoms with Crippen LogP contribution >= 0.6 is 0 Å². The highest BCUT2D eigenvalue weighted by Crippen LogP contribution is 2.30. The van der Waals surface area contributed by atoms with Crippen molar-refractivity contribution >= 4 is 17.5 Å². The minimum atomic E-state index is -0.266. The molecule has 0 heterocycles. The summed E-state index contributed by atoms with van der Waals surface area (Å²) in [5, 5.41) is 2.89. The van der Waals surface area contributed by atoms with Crippen LogP contribution in [0.1, 0.15) is 52.2 Å². The van der Waals surface area contributed by atoms with E-state index in [9.17, 15) is 4.39 Å². The zero-order chi connectivity index (χ0) is 23.8. The Hall–Kier alpha value is -1.98. The smallest absolute Gasteiger partial charge is 0.147 e. The number of hydrogen-bond donors (Lipinski definition) is 1. The van der Waals surface area contributed by atoms with Crippen molar-refractivity contribution in [2.75, 3.05) is 45.8 Å². The first-order valence-corrected chi connectivity index (χ1v) is 11.1. The molecule has 31 heavy (non-hydrogen) atoms. The van der Waals surface area contributed by atoms with Gasteiger partial charge in [0.1, 0.15) is 5.82 Å². The molecule has 0 atom stereocenters. The number of halogens is 1. The third kappa shape index (κ3) is 12.5. The monoisotopic (exact) mass is 434 g/mol. The van der Waals surface area contributed by atoms with Gasteiger partial charge < -0.3 is 14.8 Å². The van der Waals surface area contributed by atoms with Gasteiger partial charge in [0.2, 0.25) is 0 Å². The fourth-order valence-corrected chi connectivity index (χ4v) is 2.71. The van der Waals surface area contributed by atoms with E-state index in [0.29, 0.717) is 11.6 Å². The molecule has 1 aromatic carbocycles. The number of rotatable bonds is 12. The minimum Gasteiger partial charge on any atom is -0.385 e. The molecule has 0 aromatic heterocycles. The Morgan fingerprint density at radius 3 is 2.29 bits per heavy atom. The topological polar surface area (TPSA) is 42.9 Å². The number of ether oxygens (including phenoxy) is 2. The summed E-state index contributed by atoms with van der Waals surface area (Å²) in [6.45, 7) is 19.7. The predicted molar refractivity (Wildman–Crippen MR) is 134 cm³/mol. The van der Waals surface area contributed by atoms with E-state index in [0.717, 1.165) is 61.0 Å². The van der Waals surface area contributed by atoms with Gasteiger partial charge in [0.15, 0.2) is 0 Å². The quantitative estimate of drug-likeness (QED) is 0.230.